The number of ether oxygens (including phenoxy) is 1. The van der Waals surface area contributed by atoms with Crippen LogP contribution < -0.4 is 4.74 Å². The van der Waals surface area contributed by atoms with Gasteiger partial charge < -0.3 is 4.74 Å². The zero-order chi connectivity index (χ0) is 18.7. The highest BCUT2D eigenvalue weighted by Crippen LogP contribution is 2.31. The maximum absolute atomic E-state index is 13.5. The number of nitrogens with zero attached hydrogens (tertiary/aromatic N) is 2. The Morgan fingerprint density at radius 3 is 2.65 bits per heavy atom. The molecule has 0 saturated carbocycles. The highest BCUT2D eigenvalue weighted by atomic mass is 19.1. The minimum Gasteiger partial charge on any atom is -0.481 e. The Morgan fingerprint density at radius 1 is 1.19 bits per heavy atom. The van der Waals surface area contributed by atoms with Gasteiger partial charge in [-0.2, -0.15) is 5.26 Å². The van der Waals surface area contributed by atoms with Gasteiger partial charge in [0.15, 0.2) is 0 Å². The average molecular weight is 348 g/mol. The van der Waals surface area contributed by atoms with E-state index in [9.17, 15) is 9.65 Å². The van der Waals surface area contributed by atoms with Gasteiger partial charge in [-0.1, -0.05) is 31.2 Å². The molecule has 4 heteroatoms. The number of hydrogen-bond acceptors (Lipinski definition) is 3. The lowest BCUT2D eigenvalue weighted by atomic mass is 9.78. The SMILES string of the molecule is CCc1cc2ccc(C(C)(C#N)Cc3cccc(F)c3)cc2nc1OC. The lowest BCUT2D eigenvalue weighted by molar-refractivity contribution is 0.395. The summed E-state index contributed by atoms with van der Waals surface area (Å²) in [6, 6.07) is 16.7. The molecule has 0 aliphatic rings. The molecule has 0 saturated heterocycles. The molecule has 1 unspecified atom stereocenters. The first-order chi connectivity index (χ1) is 12.5. The van der Waals surface area contributed by atoms with Crippen LogP contribution in [0.3, 0.4) is 0 Å². The number of fused-ring (bicyclic) bond motifs is 1. The molecule has 1 heterocycles. The van der Waals surface area contributed by atoms with Crippen molar-refractivity contribution in [3.8, 4) is 11.9 Å². The van der Waals surface area contributed by atoms with Crippen LogP contribution in [0.2, 0.25) is 0 Å². The summed E-state index contributed by atoms with van der Waals surface area (Å²) < 4.78 is 18.9. The third-order valence-corrected chi connectivity index (χ3v) is 4.76. The molecule has 3 aromatic rings. The van der Waals surface area contributed by atoms with Gasteiger partial charge in [-0.25, -0.2) is 9.37 Å². The minimum atomic E-state index is -0.777. The Morgan fingerprint density at radius 2 is 2.00 bits per heavy atom. The largest absolute Gasteiger partial charge is 0.481 e. The first-order valence-corrected chi connectivity index (χ1v) is 8.63. The molecule has 1 aromatic heterocycles. The van der Waals surface area contributed by atoms with Crippen molar-refractivity contribution in [3.63, 3.8) is 0 Å². The quantitative estimate of drug-likeness (QED) is 0.654. The molecule has 0 N–H and O–H groups in total. The van der Waals surface area contributed by atoms with E-state index in [-0.39, 0.29) is 5.82 Å². The lowest BCUT2D eigenvalue weighted by Gasteiger charge is -2.23. The minimum absolute atomic E-state index is 0.292. The van der Waals surface area contributed by atoms with Crippen LogP contribution in [0.1, 0.15) is 30.5 Å². The van der Waals surface area contributed by atoms with Crippen LogP contribution >= 0.6 is 0 Å². The third kappa shape index (κ3) is 3.39. The second-order valence-electron chi connectivity index (χ2n) is 6.67. The molecule has 132 valence electrons. The van der Waals surface area contributed by atoms with Crippen molar-refractivity contribution in [3.05, 3.63) is 71.0 Å². The summed E-state index contributed by atoms with van der Waals surface area (Å²) in [4.78, 5) is 4.60. The summed E-state index contributed by atoms with van der Waals surface area (Å²) in [6.07, 6.45) is 1.26. The topological polar surface area (TPSA) is 45.9 Å². The molecule has 0 aliphatic carbocycles. The fraction of sp³-hybridized carbons (Fsp3) is 0.273. The van der Waals surface area contributed by atoms with Gasteiger partial charge in [0.2, 0.25) is 5.88 Å². The molecule has 3 nitrogen and oxygen atoms in total. The van der Waals surface area contributed by atoms with E-state index >= 15 is 0 Å². The fourth-order valence-corrected chi connectivity index (χ4v) is 3.23. The molecule has 3 rings (SSSR count). The van der Waals surface area contributed by atoms with E-state index in [1.165, 1.54) is 12.1 Å². The maximum Gasteiger partial charge on any atom is 0.216 e. The van der Waals surface area contributed by atoms with Crippen LogP contribution in [0.4, 0.5) is 4.39 Å². The number of hydrogen-bond donors (Lipinski definition) is 0. The van der Waals surface area contributed by atoms with Gasteiger partial charge in [-0.05, 0) is 55.2 Å². The highest BCUT2D eigenvalue weighted by molar-refractivity contribution is 5.81. The normalized spacial score (nSPS) is 13.2. The summed E-state index contributed by atoms with van der Waals surface area (Å²) in [5, 5.41) is 10.8. The molecular formula is C22H21FN2O. The van der Waals surface area contributed by atoms with E-state index in [4.69, 9.17) is 4.74 Å². The van der Waals surface area contributed by atoms with Gasteiger partial charge in [-0.3, -0.25) is 0 Å². The predicted molar refractivity (Wildman–Crippen MR) is 101 cm³/mol. The van der Waals surface area contributed by atoms with E-state index in [2.05, 4.69) is 24.0 Å². The standard InChI is InChI=1S/C22H21FN2O/c1-4-16-11-17-8-9-18(12-20(17)25-21(16)26-3)22(2,14-24)13-15-6-5-7-19(23)10-15/h5-12H,4,13H2,1-3H3. The van der Waals surface area contributed by atoms with Gasteiger partial charge in [0.25, 0.3) is 0 Å². The van der Waals surface area contributed by atoms with E-state index in [0.29, 0.717) is 12.3 Å². The Hall–Kier alpha value is -2.93. The highest BCUT2D eigenvalue weighted by Gasteiger charge is 2.27. The van der Waals surface area contributed by atoms with Gasteiger partial charge >= 0.3 is 0 Å². The van der Waals surface area contributed by atoms with E-state index in [0.717, 1.165) is 34.0 Å². The molecule has 0 spiro atoms. The van der Waals surface area contributed by atoms with Crippen LogP contribution in [0.5, 0.6) is 5.88 Å². The molecule has 0 aliphatic heterocycles. The molecule has 0 amide bonds. The summed E-state index contributed by atoms with van der Waals surface area (Å²) in [7, 11) is 1.61. The number of rotatable bonds is 5. The second-order valence-corrected chi connectivity index (χ2v) is 6.67. The van der Waals surface area contributed by atoms with Crippen LogP contribution in [-0.4, -0.2) is 12.1 Å². The van der Waals surface area contributed by atoms with Crippen molar-refractivity contribution in [1.29, 1.82) is 5.26 Å². The summed E-state index contributed by atoms with van der Waals surface area (Å²) in [5.41, 5.74) is 2.71. The van der Waals surface area contributed by atoms with Crippen molar-refractivity contribution in [1.82, 2.24) is 4.98 Å². The van der Waals surface area contributed by atoms with E-state index < -0.39 is 5.41 Å². The predicted octanol–water partition coefficient (Wildman–Crippen LogP) is 4.97. The van der Waals surface area contributed by atoms with Gasteiger partial charge in [0.1, 0.15) is 5.82 Å². The number of methoxy groups -OCH3 is 1. The average Bonchev–Trinajstić information content (AvgIpc) is 2.66. The summed E-state index contributed by atoms with van der Waals surface area (Å²) in [6.45, 7) is 3.93. The van der Waals surface area contributed by atoms with Crippen molar-refractivity contribution in [2.24, 2.45) is 0 Å². The van der Waals surface area contributed by atoms with Crippen LogP contribution in [-0.2, 0) is 18.3 Å². The number of nitriles is 1. The molecule has 2 aromatic carbocycles. The van der Waals surface area contributed by atoms with Crippen LogP contribution in [0.15, 0.2) is 48.5 Å². The Kier molecular flexibility index (Phi) is 4.90. The summed E-state index contributed by atoms with van der Waals surface area (Å²) >= 11 is 0. The maximum atomic E-state index is 13.5. The molecule has 26 heavy (non-hydrogen) atoms. The molecule has 1 atom stereocenters. The Labute approximate surface area is 153 Å². The van der Waals surface area contributed by atoms with Gasteiger partial charge in [-0.15, -0.1) is 0 Å². The Bertz CT molecular complexity index is 993. The van der Waals surface area contributed by atoms with Gasteiger partial charge in [0.05, 0.1) is 24.1 Å². The summed E-state index contributed by atoms with van der Waals surface area (Å²) in [5.74, 6) is 0.320. The number of pyridine rings is 1. The van der Waals surface area contributed by atoms with E-state index in [1.54, 1.807) is 13.2 Å². The molecule has 0 bridgehead atoms. The number of benzene rings is 2. The van der Waals surface area contributed by atoms with Crippen LogP contribution in [0.25, 0.3) is 10.9 Å². The molecular weight excluding hydrogens is 327 g/mol. The van der Waals surface area contributed by atoms with E-state index in [1.807, 2.05) is 31.2 Å². The smallest absolute Gasteiger partial charge is 0.216 e. The first kappa shape index (κ1) is 17.9. The van der Waals surface area contributed by atoms with Crippen molar-refractivity contribution < 1.29 is 9.13 Å². The number of aromatic nitrogens is 1. The van der Waals surface area contributed by atoms with Gasteiger partial charge in [0, 0.05) is 10.9 Å². The first-order valence-electron chi connectivity index (χ1n) is 8.63. The Balaban J connectivity index is 2.05. The zero-order valence-electron chi connectivity index (χ0n) is 15.2. The second kappa shape index (κ2) is 7.13. The number of aryl methyl sites for hydroxylation is 1. The zero-order valence-corrected chi connectivity index (χ0v) is 15.2. The molecule has 0 radical (unpaired) electrons. The lowest BCUT2D eigenvalue weighted by Crippen LogP contribution is -2.23. The fourth-order valence-electron chi connectivity index (χ4n) is 3.23. The van der Waals surface area contributed by atoms with Crippen LogP contribution in [0, 0.1) is 17.1 Å². The monoisotopic (exact) mass is 348 g/mol. The third-order valence-electron chi connectivity index (χ3n) is 4.76. The number of halogens is 1. The van der Waals surface area contributed by atoms with Crippen molar-refractivity contribution >= 4 is 10.9 Å². The molecule has 0 fully saturated rings. The van der Waals surface area contributed by atoms with Crippen molar-refractivity contribution in [2.45, 2.75) is 32.1 Å². The van der Waals surface area contributed by atoms with Crippen molar-refractivity contribution in [2.75, 3.05) is 7.11 Å².